The lowest BCUT2D eigenvalue weighted by molar-refractivity contribution is -0.147. The van der Waals surface area contributed by atoms with E-state index in [1.165, 1.54) is 13.0 Å². The van der Waals surface area contributed by atoms with Crippen LogP contribution >= 0.6 is 0 Å². The molecule has 6 N–H and O–H groups in total. The van der Waals surface area contributed by atoms with E-state index in [0.29, 0.717) is 40.8 Å². The zero-order valence-corrected chi connectivity index (χ0v) is 51.5. The van der Waals surface area contributed by atoms with Crippen molar-refractivity contribution >= 4 is 70.9 Å². The number of Topliss-reactive ketones (excluding diaryl/α,β-unsaturated/α-hetero) is 2. The van der Waals surface area contributed by atoms with E-state index < -0.39 is 113 Å². The molecule has 0 fully saturated rings. The molecule has 0 radical (unpaired) electrons. The Hall–Kier alpha value is -9.31. The maximum atomic E-state index is 14.8. The molecule has 5 rings (SSSR count). The molecule has 1 aliphatic rings. The highest BCUT2D eigenvalue weighted by molar-refractivity contribution is 6.13. The van der Waals surface area contributed by atoms with Crippen molar-refractivity contribution in [3.05, 3.63) is 162 Å². The number of nitrogens with zero attached hydrogens (tertiary/aromatic N) is 1. The number of rotatable bonds is 36. The van der Waals surface area contributed by atoms with E-state index in [9.17, 15) is 52.7 Å². The quantitative estimate of drug-likeness (QED) is 0.00651. The van der Waals surface area contributed by atoms with E-state index in [1.807, 2.05) is 105 Å². The summed E-state index contributed by atoms with van der Waals surface area (Å²) in [7, 11) is 0. The minimum atomic E-state index is -1.34. The predicted molar refractivity (Wildman–Crippen MR) is 331 cm³/mol. The van der Waals surface area contributed by atoms with Gasteiger partial charge in [0.15, 0.2) is 11.6 Å². The van der Waals surface area contributed by atoms with Gasteiger partial charge in [0.1, 0.15) is 30.5 Å². The Kier molecular flexibility index (Phi) is 28.1. The van der Waals surface area contributed by atoms with Gasteiger partial charge in [0.25, 0.3) is 11.8 Å². The van der Waals surface area contributed by atoms with E-state index in [4.69, 9.17) is 18.9 Å². The molecule has 22 nitrogen and oxygen atoms in total. The van der Waals surface area contributed by atoms with Crippen molar-refractivity contribution < 1.29 is 71.7 Å². The van der Waals surface area contributed by atoms with Gasteiger partial charge < -0.3 is 50.8 Å². The maximum Gasteiger partial charge on any atom is 0.407 e. The lowest BCUT2D eigenvalue weighted by atomic mass is 9.80. The molecule has 0 saturated heterocycles. The summed E-state index contributed by atoms with van der Waals surface area (Å²) in [5.74, 6) is -7.41. The lowest BCUT2D eigenvalue weighted by Gasteiger charge is -2.37. The summed E-state index contributed by atoms with van der Waals surface area (Å²) in [5, 5.41) is 16.1. The summed E-state index contributed by atoms with van der Waals surface area (Å²) < 4.78 is 22.8. The van der Waals surface area contributed by atoms with E-state index in [-0.39, 0.29) is 77.5 Å². The second-order valence-electron chi connectivity index (χ2n) is 22.9. The third-order valence-corrected chi connectivity index (χ3v) is 14.0. The molecule has 22 heteroatoms. The molecule has 476 valence electrons. The average molecular weight is 1230 g/mol. The average Bonchev–Trinajstić information content (AvgIpc) is 1.35. The number of ether oxygens (including phenoxy) is 4. The van der Waals surface area contributed by atoms with Crippen LogP contribution in [0.5, 0.6) is 0 Å². The number of carbonyl (C=O) groups excluding carboxylic acids is 11. The van der Waals surface area contributed by atoms with Crippen LogP contribution in [0.4, 0.5) is 15.3 Å². The van der Waals surface area contributed by atoms with E-state index in [1.54, 1.807) is 45.0 Å². The molecule has 4 atom stereocenters. The first-order valence-corrected chi connectivity index (χ1v) is 29.7. The first-order chi connectivity index (χ1) is 42.5. The summed E-state index contributed by atoms with van der Waals surface area (Å²) in [6.45, 7) is 12.7. The van der Waals surface area contributed by atoms with Gasteiger partial charge in [-0.05, 0) is 86.8 Å². The molecule has 0 spiro atoms. The third kappa shape index (κ3) is 23.7. The molecule has 0 bridgehead atoms. The normalized spacial score (nSPS) is 13.4. The molecule has 1 aliphatic heterocycles. The van der Waals surface area contributed by atoms with Crippen LogP contribution in [0.25, 0.3) is 0 Å². The van der Waals surface area contributed by atoms with Gasteiger partial charge in [-0.2, -0.15) is 0 Å². The number of esters is 1. The van der Waals surface area contributed by atoms with Gasteiger partial charge >= 0.3 is 18.2 Å². The fourth-order valence-electron chi connectivity index (χ4n) is 9.70. The summed E-state index contributed by atoms with van der Waals surface area (Å²) in [6, 6.07) is 32.3. The topological polar surface area (TPSA) is 300 Å². The zero-order valence-electron chi connectivity index (χ0n) is 51.5. The number of imide groups is 1. The van der Waals surface area contributed by atoms with Crippen molar-refractivity contribution in [3.8, 4) is 0 Å². The first-order valence-electron chi connectivity index (χ1n) is 29.7. The van der Waals surface area contributed by atoms with Crippen LogP contribution < -0.4 is 31.9 Å². The summed E-state index contributed by atoms with van der Waals surface area (Å²) in [4.78, 5) is 146. The predicted octanol–water partition coefficient (Wildman–Crippen LogP) is 7.29. The lowest BCUT2D eigenvalue weighted by Crippen LogP contribution is -2.46. The first kappa shape index (κ1) is 70.5. The number of carbonyl (C=O) groups is 11. The molecule has 4 aromatic rings. The van der Waals surface area contributed by atoms with Crippen LogP contribution in [-0.2, 0) is 74.3 Å². The fourth-order valence-corrected chi connectivity index (χ4v) is 9.70. The Labute approximate surface area is 519 Å². The van der Waals surface area contributed by atoms with Crippen molar-refractivity contribution in [3.63, 3.8) is 0 Å². The van der Waals surface area contributed by atoms with Crippen molar-refractivity contribution in [1.82, 2.24) is 31.5 Å². The number of nitrogens with one attached hydrogen (secondary N) is 6. The SMILES string of the molecule is C=CCOC(=O)[C@H](CCC(=O)N[C@@H](CC(C)C)C(=O)C[C@@H](COC(c1ccccc1)(c1ccccc1)c1ccccc1)C(=O)NCC(=O)C[C@@H](CCCCNC(=O)OC(C)(C)C)C(=O)Nc1ccc(COC(=O)NCCN2C(=O)C=CC2=O)cc1)NC(C)=O. The number of unbranched alkanes of at least 4 members (excludes halogenated alkanes) is 1. The number of amides is 8. The molecule has 0 aliphatic carbocycles. The number of alkyl carbamates (subject to hydrolysis) is 2. The molecule has 0 aromatic heterocycles. The highest BCUT2D eigenvalue weighted by Crippen LogP contribution is 2.41. The fraction of sp³-hybridized carbons (Fsp3) is 0.418. The van der Waals surface area contributed by atoms with Gasteiger partial charge in [-0.15, -0.1) is 0 Å². The minimum Gasteiger partial charge on any atom is -0.460 e. The second-order valence-corrected chi connectivity index (χ2v) is 22.9. The summed E-state index contributed by atoms with van der Waals surface area (Å²) in [5.41, 5.74) is 1.02. The molecule has 1 heterocycles. The van der Waals surface area contributed by atoms with Crippen molar-refractivity contribution in [2.75, 3.05) is 44.7 Å². The molecule has 4 aromatic carbocycles. The van der Waals surface area contributed by atoms with E-state index in [0.717, 1.165) is 17.1 Å². The Bertz CT molecular complexity index is 2980. The highest BCUT2D eigenvalue weighted by atomic mass is 16.6. The number of hydrogen-bond donors (Lipinski definition) is 6. The van der Waals surface area contributed by atoms with Gasteiger partial charge in [0.2, 0.25) is 23.6 Å². The zero-order chi connectivity index (χ0) is 64.9. The number of benzene rings is 4. The van der Waals surface area contributed by atoms with Gasteiger partial charge in [-0.25, -0.2) is 14.4 Å². The van der Waals surface area contributed by atoms with Gasteiger partial charge in [-0.3, -0.25) is 43.3 Å². The molecular formula is C67H83N7O15. The third-order valence-electron chi connectivity index (χ3n) is 14.0. The highest BCUT2D eigenvalue weighted by Gasteiger charge is 2.40. The van der Waals surface area contributed by atoms with Crippen LogP contribution in [0.1, 0.15) is 115 Å². The van der Waals surface area contributed by atoms with E-state index >= 15 is 0 Å². The molecular weight excluding hydrogens is 1140 g/mol. The molecule has 8 amide bonds. The smallest absolute Gasteiger partial charge is 0.407 e. The number of hydrogen-bond acceptors (Lipinski definition) is 15. The Morgan fingerprint density at radius 1 is 0.640 bits per heavy atom. The van der Waals surface area contributed by atoms with Crippen molar-refractivity contribution in [2.45, 2.75) is 123 Å². The monoisotopic (exact) mass is 1230 g/mol. The van der Waals surface area contributed by atoms with Crippen molar-refractivity contribution in [2.24, 2.45) is 17.8 Å². The summed E-state index contributed by atoms with van der Waals surface area (Å²) in [6.07, 6.45) is 2.25. The van der Waals surface area contributed by atoms with Gasteiger partial charge in [-0.1, -0.05) is 136 Å². The van der Waals surface area contributed by atoms with Crippen LogP contribution in [-0.4, -0.2) is 127 Å². The molecule has 0 unspecified atom stereocenters. The van der Waals surface area contributed by atoms with Crippen LogP contribution in [0.2, 0.25) is 0 Å². The minimum absolute atomic E-state index is 0.0235. The Balaban J connectivity index is 1.36. The standard InChI is InChI=1S/C67H83N7O15/c1-8-38-86-63(83)55(71-46(4)75)31-32-58(78)73-56(39-45(2)3)57(77)41-49(44-88-67(50-21-12-9-13-22-50,51-23-14-10-15-24-51)52-25-16-11-17-26-52)61(81)70-42-54(76)40-48(20-18-19-35-68-65(85)89-66(5,6)7)62(82)72-53-29-27-47(28-30-53)43-87-64(84)69-36-37-74-59(79)33-34-60(74)80/h8-17,21-30,33-34,45,48-49,55-56H,1,18-20,31-32,35-44H2,2-7H3,(H,68,85)(H,69,84)(H,70,81)(H,71,75)(H,72,82)(H,73,78)/t48-,49+,55+,56+/m1/s1. The Morgan fingerprint density at radius 3 is 1.78 bits per heavy atom. The second kappa shape index (κ2) is 35.5. The van der Waals surface area contributed by atoms with Crippen molar-refractivity contribution in [1.29, 1.82) is 0 Å². The number of ketones is 2. The van der Waals surface area contributed by atoms with Gasteiger partial charge in [0, 0.05) is 69.6 Å². The van der Waals surface area contributed by atoms with E-state index in [2.05, 4.69) is 38.5 Å². The van der Waals surface area contributed by atoms with Crippen LogP contribution in [0, 0.1) is 17.8 Å². The summed E-state index contributed by atoms with van der Waals surface area (Å²) >= 11 is 0. The van der Waals surface area contributed by atoms with Gasteiger partial charge in [0.05, 0.1) is 25.1 Å². The molecule has 89 heavy (non-hydrogen) atoms. The van der Waals surface area contributed by atoms with Crippen LogP contribution in [0.15, 0.2) is 140 Å². The largest absolute Gasteiger partial charge is 0.460 e. The molecule has 0 saturated carbocycles. The number of anilines is 1. The Morgan fingerprint density at radius 2 is 1.22 bits per heavy atom. The maximum absolute atomic E-state index is 14.8. The van der Waals surface area contributed by atoms with Crippen LogP contribution in [0.3, 0.4) is 0 Å².